The Labute approximate surface area is 109 Å². The van der Waals surface area contributed by atoms with Gasteiger partial charge in [-0.2, -0.15) is 0 Å². The zero-order valence-electron chi connectivity index (χ0n) is 11.5. The van der Waals surface area contributed by atoms with Crippen LogP contribution >= 0.6 is 0 Å². The zero-order valence-corrected chi connectivity index (χ0v) is 11.5. The molecule has 0 amide bonds. The second kappa shape index (κ2) is 4.61. The van der Waals surface area contributed by atoms with Crippen LogP contribution in [0.25, 0.3) is 0 Å². The predicted octanol–water partition coefficient (Wildman–Crippen LogP) is 2.91. The number of fused-ring (bicyclic) bond motifs is 1. The Kier molecular flexibility index (Phi) is 3.10. The molecule has 2 aliphatic rings. The molecule has 1 fully saturated rings. The van der Waals surface area contributed by atoms with Crippen LogP contribution in [0.4, 0.5) is 0 Å². The minimum absolute atomic E-state index is 0.287. The summed E-state index contributed by atoms with van der Waals surface area (Å²) in [6, 6.07) is 0.466. The topological polar surface area (TPSA) is 37.8 Å². The van der Waals surface area contributed by atoms with Gasteiger partial charge in [0.25, 0.3) is 0 Å². The van der Waals surface area contributed by atoms with Crippen molar-refractivity contribution in [2.24, 2.45) is 0 Å². The van der Waals surface area contributed by atoms with Gasteiger partial charge in [0.1, 0.15) is 5.82 Å². The van der Waals surface area contributed by atoms with Gasteiger partial charge in [0.2, 0.25) is 0 Å². The molecule has 3 nitrogen and oxygen atoms in total. The maximum Gasteiger partial charge on any atom is 0.134 e. The lowest BCUT2D eigenvalue weighted by molar-refractivity contribution is 0.501. The molecule has 98 valence electrons. The average Bonchev–Trinajstić information content (AvgIpc) is 3.14. The molecule has 1 atom stereocenters. The van der Waals surface area contributed by atoms with Gasteiger partial charge in [0.05, 0.1) is 0 Å². The normalized spacial score (nSPS) is 25.3. The van der Waals surface area contributed by atoms with E-state index in [9.17, 15) is 0 Å². The van der Waals surface area contributed by atoms with Crippen LogP contribution in [-0.2, 0) is 11.8 Å². The number of aryl methyl sites for hydroxylation is 1. The molecule has 0 radical (unpaired) electrons. The van der Waals surface area contributed by atoms with Crippen molar-refractivity contribution in [1.82, 2.24) is 15.3 Å². The van der Waals surface area contributed by atoms with Crippen LogP contribution < -0.4 is 5.32 Å². The predicted molar refractivity (Wildman–Crippen MR) is 72.6 cm³/mol. The van der Waals surface area contributed by atoms with E-state index in [2.05, 4.69) is 30.3 Å². The van der Waals surface area contributed by atoms with E-state index >= 15 is 0 Å². The van der Waals surface area contributed by atoms with Gasteiger partial charge in [-0.25, -0.2) is 9.97 Å². The summed E-state index contributed by atoms with van der Waals surface area (Å²) in [5.41, 5.74) is 2.94. The Morgan fingerprint density at radius 1 is 1.39 bits per heavy atom. The lowest BCUT2D eigenvalue weighted by Gasteiger charge is -2.18. The molecule has 0 bridgehead atoms. The van der Waals surface area contributed by atoms with Gasteiger partial charge in [-0.3, -0.25) is 0 Å². The molecule has 3 heteroatoms. The average molecular weight is 245 g/mol. The fourth-order valence-corrected chi connectivity index (χ4v) is 2.87. The van der Waals surface area contributed by atoms with Crippen molar-refractivity contribution in [3.8, 4) is 0 Å². The van der Waals surface area contributed by atoms with E-state index in [0.29, 0.717) is 6.04 Å². The first-order chi connectivity index (χ1) is 8.73. The van der Waals surface area contributed by atoms with Crippen LogP contribution in [0.3, 0.4) is 0 Å². The summed E-state index contributed by atoms with van der Waals surface area (Å²) in [5.74, 6) is 1.08. The van der Waals surface area contributed by atoms with Crippen molar-refractivity contribution < 1.29 is 0 Å². The largest absolute Gasteiger partial charge is 0.310 e. The Bertz CT molecular complexity index is 437. The van der Waals surface area contributed by atoms with E-state index in [1.807, 2.05) is 0 Å². The van der Waals surface area contributed by atoms with Gasteiger partial charge in [-0.05, 0) is 38.6 Å². The Morgan fingerprint density at radius 2 is 2.22 bits per heavy atom. The Morgan fingerprint density at radius 3 is 2.94 bits per heavy atom. The maximum atomic E-state index is 4.89. The maximum absolute atomic E-state index is 4.89. The summed E-state index contributed by atoms with van der Waals surface area (Å²) >= 11 is 0. The van der Waals surface area contributed by atoms with Crippen LogP contribution in [0.15, 0.2) is 6.20 Å². The van der Waals surface area contributed by atoms with Crippen LogP contribution in [-0.4, -0.2) is 16.5 Å². The third-order valence-electron chi connectivity index (χ3n) is 4.42. The van der Waals surface area contributed by atoms with Gasteiger partial charge in [0.15, 0.2) is 0 Å². The van der Waals surface area contributed by atoms with E-state index in [4.69, 9.17) is 4.98 Å². The molecule has 18 heavy (non-hydrogen) atoms. The minimum atomic E-state index is 0.287. The van der Waals surface area contributed by atoms with E-state index in [-0.39, 0.29) is 5.41 Å². The highest BCUT2D eigenvalue weighted by Crippen LogP contribution is 2.46. The van der Waals surface area contributed by atoms with Crippen molar-refractivity contribution in [3.05, 3.63) is 23.3 Å². The fraction of sp³-hybridized carbons (Fsp3) is 0.733. The fourth-order valence-electron chi connectivity index (χ4n) is 2.87. The molecule has 1 aromatic heterocycles. The molecule has 3 rings (SSSR count). The smallest absolute Gasteiger partial charge is 0.134 e. The quantitative estimate of drug-likeness (QED) is 0.832. The molecule has 1 unspecified atom stereocenters. The van der Waals surface area contributed by atoms with Crippen molar-refractivity contribution in [3.63, 3.8) is 0 Å². The van der Waals surface area contributed by atoms with E-state index < -0.39 is 0 Å². The molecular formula is C15H23N3. The first-order valence-corrected chi connectivity index (χ1v) is 7.32. The molecule has 1 N–H and O–H groups in total. The van der Waals surface area contributed by atoms with E-state index in [0.717, 1.165) is 18.8 Å². The summed E-state index contributed by atoms with van der Waals surface area (Å²) in [6.07, 6.45) is 9.51. The number of aromatic nitrogens is 2. The summed E-state index contributed by atoms with van der Waals surface area (Å²) in [7, 11) is 0. The third kappa shape index (κ3) is 2.16. The zero-order chi connectivity index (χ0) is 12.6. The standard InChI is InChI=1S/C15H23N3/c1-3-16-12-6-4-5-7-13-11(12)10-17-14(18-13)15(2)8-9-15/h10,12,16H,3-9H2,1-2H3. The van der Waals surface area contributed by atoms with Gasteiger partial charge < -0.3 is 5.32 Å². The molecule has 0 saturated heterocycles. The lowest BCUT2D eigenvalue weighted by atomic mass is 10.0. The van der Waals surface area contributed by atoms with E-state index in [1.165, 1.54) is 43.4 Å². The second-order valence-corrected chi connectivity index (χ2v) is 6.01. The molecule has 1 saturated carbocycles. The number of rotatable bonds is 3. The number of hydrogen-bond donors (Lipinski definition) is 1. The third-order valence-corrected chi connectivity index (χ3v) is 4.42. The molecule has 0 aliphatic heterocycles. The van der Waals surface area contributed by atoms with Gasteiger partial charge >= 0.3 is 0 Å². The van der Waals surface area contributed by atoms with Crippen molar-refractivity contribution in [2.75, 3.05) is 6.54 Å². The van der Waals surface area contributed by atoms with Crippen LogP contribution in [0.2, 0.25) is 0 Å². The van der Waals surface area contributed by atoms with Crippen LogP contribution in [0.5, 0.6) is 0 Å². The van der Waals surface area contributed by atoms with Crippen LogP contribution in [0.1, 0.15) is 69.1 Å². The SMILES string of the molecule is CCNC1CCCCc2nc(C3(C)CC3)ncc21. The summed E-state index contributed by atoms with van der Waals surface area (Å²) in [6.45, 7) is 5.47. The summed E-state index contributed by atoms with van der Waals surface area (Å²) < 4.78 is 0. The Balaban J connectivity index is 1.93. The lowest BCUT2D eigenvalue weighted by Crippen LogP contribution is -2.22. The number of nitrogens with one attached hydrogen (secondary N) is 1. The second-order valence-electron chi connectivity index (χ2n) is 6.01. The monoisotopic (exact) mass is 245 g/mol. The summed E-state index contributed by atoms with van der Waals surface area (Å²) in [4.78, 5) is 9.54. The van der Waals surface area contributed by atoms with Crippen molar-refractivity contribution in [2.45, 2.75) is 63.8 Å². The first-order valence-electron chi connectivity index (χ1n) is 7.32. The van der Waals surface area contributed by atoms with Crippen molar-refractivity contribution in [1.29, 1.82) is 0 Å². The molecule has 0 spiro atoms. The van der Waals surface area contributed by atoms with E-state index in [1.54, 1.807) is 0 Å². The molecule has 2 aliphatic carbocycles. The molecule has 1 aromatic rings. The highest BCUT2D eigenvalue weighted by molar-refractivity contribution is 5.27. The van der Waals surface area contributed by atoms with Gasteiger partial charge in [-0.1, -0.05) is 20.3 Å². The highest BCUT2D eigenvalue weighted by Gasteiger charge is 2.42. The molecule has 1 heterocycles. The Hall–Kier alpha value is -0.960. The van der Waals surface area contributed by atoms with Gasteiger partial charge in [0, 0.05) is 28.9 Å². The van der Waals surface area contributed by atoms with Crippen molar-refractivity contribution >= 4 is 0 Å². The van der Waals surface area contributed by atoms with Gasteiger partial charge in [-0.15, -0.1) is 0 Å². The highest BCUT2D eigenvalue weighted by atomic mass is 15.0. The first kappa shape index (κ1) is 12.1. The summed E-state index contributed by atoms with van der Waals surface area (Å²) in [5, 5.41) is 3.57. The van der Waals surface area contributed by atoms with Crippen LogP contribution in [0, 0.1) is 0 Å². The molecular weight excluding hydrogens is 222 g/mol. The molecule has 0 aromatic carbocycles. The minimum Gasteiger partial charge on any atom is -0.310 e. The number of hydrogen-bond acceptors (Lipinski definition) is 3. The number of nitrogens with zero attached hydrogens (tertiary/aromatic N) is 2.